The number of methoxy groups -OCH3 is 1. The lowest BCUT2D eigenvalue weighted by Crippen LogP contribution is -2.46. The van der Waals surface area contributed by atoms with Crippen LogP contribution in [0, 0.1) is 18.2 Å². The third-order valence-electron chi connectivity index (χ3n) is 10.0. The minimum Gasteiger partial charge on any atom is -0.488 e. The molecule has 0 amide bonds. The van der Waals surface area contributed by atoms with Gasteiger partial charge in [0.2, 0.25) is 0 Å². The minimum atomic E-state index is -0.936. The summed E-state index contributed by atoms with van der Waals surface area (Å²) in [6.07, 6.45) is 5.54. The number of para-hydroxylation sites is 1. The molecule has 1 fully saturated rings. The van der Waals surface area contributed by atoms with Gasteiger partial charge in [-0.05, 0) is 80.8 Å². The number of hydrogen-bond acceptors (Lipinski definition) is 6. The van der Waals surface area contributed by atoms with Crippen molar-refractivity contribution in [1.29, 1.82) is 0 Å². The summed E-state index contributed by atoms with van der Waals surface area (Å²) < 4.78 is 27.8. The van der Waals surface area contributed by atoms with Gasteiger partial charge in [0, 0.05) is 43.9 Å². The van der Waals surface area contributed by atoms with E-state index in [1.54, 1.807) is 14.0 Å². The van der Waals surface area contributed by atoms with Crippen LogP contribution in [0.4, 0.5) is 10.2 Å². The van der Waals surface area contributed by atoms with E-state index in [1.807, 2.05) is 54.3 Å². The summed E-state index contributed by atoms with van der Waals surface area (Å²) >= 11 is 0. The highest BCUT2D eigenvalue weighted by molar-refractivity contribution is 5.77. The van der Waals surface area contributed by atoms with Gasteiger partial charge in [-0.25, -0.2) is 9.37 Å². The lowest BCUT2D eigenvalue weighted by Gasteiger charge is -2.32. The first kappa shape index (κ1) is 32.9. The lowest BCUT2D eigenvalue weighted by molar-refractivity contribution is -0.148. The molecule has 3 aromatic rings. The molecule has 7 nitrogen and oxygen atoms in total. The Morgan fingerprint density at radius 1 is 1.11 bits per heavy atom. The van der Waals surface area contributed by atoms with Gasteiger partial charge in [-0.3, -0.25) is 9.69 Å². The third-order valence-corrected chi connectivity index (χ3v) is 10.0. The Labute approximate surface area is 267 Å². The molecule has 1 aromatic heterocycles. The predicted octanol–water partition coefficient (Wildman–Crippen LogP) is 7.07. The van der Waals surface area contributed by atoms with Crippen LogP contribution >= 0.6 is 0 Å². The van der Waals surface area contributed by atoms with Gasteiger partial charge in [0.25, 0.3) is 0 Å². The highest BCUT2D eigenvalue weighted by atomic mass is 19.1. The number of anilines is 1. The molecule has 2 aliphatic heterocycles. The first-order valence-electron chi connectivity index (χ1n) is 16.4. The molecule has 2 aromatic carbocycles. The number of carboxylic acid groups (broad SMARTS) is 1. The van der Waals surface area contributed by atoms with Gasteiger partial charge in [0.1, 0.15) is 24.0 Å². The average Bonchev–Trinajstić information content (AvgIpc) is 3.22. The second-order valence-corrected chi connectivity index (χ2v) is 12.8. The molecule has 45 heavy (non-hydrogen) atoms. The van der Waals surface area contributed by atoms with Crippen molar-refractivity contribution < 1.29 is 23.8 Å². The molecule has 3 heterocycles. The van der Waals surface area contributed by atoms with Crippen LogP contribution < -0.4 is 9.64 Å². The number of aromatic nitrogens is 1. The number of halogens is 1. The van der Waals surface area contributed by atoms with Crippen LogP contribution in [-0.2, 0) is 29.0 Å². The molecule has 0 radical (unpaired) electrons. The summed E-state index contributed by atoms with van der Waals surface area (Å²) in [5.41, 5.74) is 4.02. The fourth-order valence-electron chi connectivity index (χ4n) is 7.20. The smallest absolute Gasteiger partial charge is 0.311 e. The Kier molecular flexibility index (Phi) is 10.4. The largest absolute Gasteiger partial charge is 0.488 e. The number of carbonyl (C=O) groups is 1. The third kappa shape index (κ3) is 6.73. The summed E-state index contributed by atoms with van der Waals surface area (Å²) in [5.74, 6) is 0.384. The number of rotatable bonds is 12. The normalized spacial score (nSPS) is 20.9. The quantitative estimate of drug-likeness (QED) is 0.233. The monoisotopic (exact) mass is 617 g/mol. The topological polar surface area (TPSA) is 75.1 Å². The highest BCUT2D eigenvalue weighted by Gasteiger charge is 2.50. The summed E-state index contributed by atoms with van der Waals surface area (Å²) in [6, 6.07) is 15.9. The van der Waals surface area contributed by atoms with Gasteiger partial charge >= 0.3 is 5.97 Å². The molecule has 1 saturated heterocycles. The van der Waals surface area contributed by atoms with E-state index in [0.717, 1.165) is 54.6 Å². The van der Waals surface area contributed by atoms with Crippen molar-refractivity contribution in [1.82, 2.24) is 9.88 Å². The maximum atomic E-state index is 16.0. The van der Waals surface area contributed by atoms with Crippen LogP contribution in [0.5, 0.6) is 5.75 Å². The summed E-state index contributed by atoms with van der Waals surface area (Å²) in [4.78, 5) is 21.8. The number of aryl methyl sites for hydroxylation is 1. The molecule has 1 N–H and O–H groups in total. The molecule has 0 saturated carbocycles. The molecule has 242 valence electrons. The molecule has 0 spiro atoms. The zero-order valence-corrected chi connectivity index (χ0v) is 27.4. The Balaban J connectivity index is 1.37. The number of pyridine rings is 1. The van der Waals surface area contributed by atoms with Gasteiger partial charge in [-0.1, -0.05) is 50.6 Å². The van der Waals surface area contributed by atoms with Crippen molar-refractivity contribution in [2.75, 3.05) is 38.3 Å². The standard InChI is InChI=1S/C37H48FN3O4/c1-6-10-28(7-2)40-20-17-26-15-16-27(34(38)29(26)18-21-40)23-45-35-25(3)11-8-12-30(35)31-13-9-14-33(39-31)41-22-19-37(4,36(42)43)32(41)24-44-5/h8-9,11-16,28,32H,6-7,10,17-24H2,1-5H3,(H,42,43)/t28?,32?,37-/m1/s1. The molecule has 8 heteroatoms. The maximum Gasteiger partial charge on any atom is 0.311 e. The van der Waals surface area contributed by atoms with Gasteiger partial charge in [-0.2, -0.15) is 0 Å². The first-order valence-corrected chi connectivity index (χ1v) is 16.4. The zero-order chi connectivity index (χ0) is 32.1. The minimum absolute atomic E-state index is 0.118. The van der Waals surface area contributed by atoms with E-state index in [4.69, 9.17) is 14.5 Å². The van der Waals surface area contributed by atoms with Crippen molar-refractivity contribution in [3.63, 3.8) is 0 Å². The van der Waals surface area contributed by atoms with E-state index in [2.05, 4.69) is 24.8 Å². The molecule has 2 aliphatic rings. The van der Waals surface area contributed by atoms with E-state index < -0.39 is 11.4 Å². The molecule has 0 aliphatic carbocycles. The van der Waals surface area contributed by atoms with Gasteiger partial charge < -0.3 is 19.5 Å². The van der Waals surface area contributed by atoms with Crippen molar-refractivity contribution in [3.8, 4) is 17.0 Å². The number of benzene rings is 2. The number of fused-ring (bicyclic) bond motifs is 1. The van der Waals surface area contributed by atoms with Crippen LogP contribution in [0.15, 0.2) is 48.5 Å². The summed E-state index contributed by atoms with van der Waals surface area (Å²) in [6.45, 7) is 11.1. The number of carboxylic acids is 1. The zero-order valence-electron chi connectivity index (χ0n) is 27.4. The number of hydrogen-bond donors (Lipinski definition) is 1. The van der Waals surface area contributed by atoms with Crippen LogP contribution in [0.3, 0.4) is 0 Å². The second-order valence-electron chi connectivity index (χ2n) is 12.8. The van der Waals surface area contributed by atoms with Crippen molar-refractivity contribution >= 4 is 11.8 Å². The van der Waals surface area contributed by atoms with E-state index in [0.29, 0.717) is 48.3 Å². The second kappa shape index (κ2) is 14.3. The van der Waals surface area contributed by atoms with Crippen molar-refractivity contribution in [2.24, 2.45) is 5.41 Å². The van der Waals surface area contributed by atoms with Crippen LogP contribution in [-0.4, -0.2) is 66.4 Å². The molecule has 3 atom stereocenters. The van der Waals surface area contributed by atoms with E-state index in [1.165, 1.54) is 6.42 Å². The van der Waals surface area contributed by atoms with Gasteiger partial charge in [0.15, 0.2) is 0 Å². The fraction of sp³-hybridized carbons (Fsp3) is 0.514. The SMILES string of the molecule is CCCC(CC)N1CCc2ccc(COc3c(C)cccc3-c3cccc(N4CC[C@@](C)(C(=O)O)C4COC)n3)c(F)c2CC1. The Bertz CT molecular complexity index is 1500. The number of aliphatic carboxylic acids is 1. The molecule has 0 bridgehead atoms. The fourth-order valence-corrected chi connectivity index (χ4v) is 7.20. The Hall–Kier alpha value is -3.49. The van der Waals surface area contributed by atoms with E-state index in [9.17, 15) is 9.90 Å². The predicted molar refractivity (Wildman–Crippen MR) is 176 cm³/mol. The van der Waals surface area contributed by atoms with Crippen molar-refractivity contribution in [3.05, 3.63) is 76.6 Å². The van der Waals surface area contributed by atoms with E-state index in [-0.39, 0.29) is 25.1 Å². The van der Waals surface area contributed by atoms with Crippen LogP contribution in [0.2, 0.25) is 0 Å². The van der Waals surface area contributed by atoms with Gasteiger partial charge in [0.05, 0.1) is 23.8 Å². The van der Waals surface area contributed by atoms with Crippen LogP contribution in [0.1, 0.15) is 68.7 Å². The maximum absolute atomic E-state index is 16.0. The first-order chi connectivity index (χ1) is 21.7. The molecular weight excluding hydrogens is 569 g/mol. The summed E-state index contributed by atoms with van der Waals surface area (Å²) in [7, 11) is 1.59. The van der Waals surface area contributed by atoms with Crippen molar-refractivity contribution in [2.45, 2.75) is 84.9 Å². The number of nitrogens with zero attached hydrogens (tertiary/aromatic N) is 3. The van der Waals surface area contributed by atoms with E-state index >= 15 is 4.39 Å². The molecular formula is C37H48FN3O4. The van der Waals surface area contributed by atoms with Crippen LogP contribution in [0.25, 0.3) is 11.3 Å². The Morgan fingerprint density at radius 2 is 1.89 bits per heavy atom. The van der Waals surface area contributed by atoms with Gasteiger partial charge in [-0.15, -0.1) is 0 Å². The lowest BCUT2D eigenvalue weighted by atomic mass is 9.83. The molecule has 2 unspecified atom stereocenters. The summed E-state index contributed by atoms with van der Waals surface area (Å²) in [5, 5.41) is 10.0. The molecule has 5 rings (SSSR count). The Morgan fingerprint density at radius 3 is 2.62 bits per heavy atom. The average molecular weight is 618 g/mol. The number of ether oxygens (including phenoxy) is 2. The highest BCUT2D eigenvalue weighted by Crippen LogP contribution is 2.41.